The van der Waals surface area contributed by atoms with Crippen molar-refractivity contribution in [1.82, 2.24) is 15.0 Å². The van der Waals surface area contributed by atoms with E-state index in [4.69, 9.17) is 31.0 Å². The first-order valence-corrected chi connectivity index (χ1v) is 9.77. The minimum Gasteiger partial charge on any atom is -0.497 e. The van der Waals surface area contributed by atoms with Crippen LogP contribution in [0, 0.1) is 0 Å². The van der Waals surface area contributed by atoms with Crippen molar-refractivity contribution in [2.45, 2.75) is 13.3 Å². The fourth-order valence-corrected chi connectivity index (χ4v) is 3.02. The van der Waals surface area contributed by atoms with Crippen LogP contribution in [0.1, 0.15) is 18.2 Å². The number of aromatic nitrogens is 3. The summed E-state index contributed by atoms with van der Waals surface area (Å²) >= 11 is 6.42. The van der Waals surface area contributed by atoms with Gasteiger partial charge in [0.1, 0.15) is 17.3 Å². The van der Waals surface area contributed by atoms with Gasteiger partial charge in [0.2, 0.25) is 0 Å². The first-order chi connectivity index (χ1) is 14.6. The lowest BCUT2D eigenvalue weighted by Gasteiger charge is -2.16. The second-order valence-corrected chi connectivity index (χ2v) is 6.68. The number of methoxy groups -OCH3 is 2. The monoisotopic (exact) mass is 422 g/mol. The van der Waals surface area contributed by atoms with E-state index in [-0.39, 0.29) is 0 Å². The Morgan fingerprint density at radius 2 is 2.07 bits per heavy atom. The molecule has 0 unspecified atom stereocenters. The fourth-order valence-electron chi connectivity index (χ4n) is 2.85. The van der Waals surface area contributed by atoms with Crippen molar-refractivity contribution in [3.63, 3.8) is 0 Å². The average molecular weight is 423 g/mol. The lowest BCUT2D eigenvalue weighted by atomic mass is 10.1. The molecule has 1 aromatic carbocycles. The van der Waals surface area contributed by atoms with Crippen LogP contribution in [-0.2, 0) is 11.2 Å². The summed E-state index contributed by atoms with van der Waals surface area (Å²) in [5, 5.41) is 3.88. The summed E-state index contributed by atoms with van der Waals surface area (Å²) in [6.07, 6.45) is 7.63. The molecule has 0 atom stereocenters. The van der Waals surface area contributed by atoms with Crippen LogP contribution in [0.5, 0.6) is 5.75 Å². The van der Waals surface area contributed by atoms with E-state index in [0.717, 1.165) is 16.8 Å². The summed E-state index contributed by atoms with van der Waals surface area (Å²) < 4.78 is 10.7. The average Bonchev–Trinajstić information content (AvgIpc) is 2.79. The normalized spacial score (nSPS) is 11.1. The Labute approximate surface area is 181 Å². The Morgan fingerprint density at radius 1 is 1.23 bits per heavy atom. The van der Waals surface area contributed by atoms with Gasteiger partial charge in [-0.3, -0.25) is 4.98 Å². The van der Waals surface area contributed by atoms with Crippen LogP contribution in [0.15, 0.2) is 61.1 Å². The van der Waals surface area contributed by atoms with E-state index in [1.165, 1.54) is 0 Å². The molecule has 0 aliphatic heterocycles. The molecule has 3 aromatic rings. The molecule has 6 nitrogen and oxygen atoms in total. The number of hydrogen-bond donors (Lipinski definition) is 1. The van der Waals surface area contributed by atoms with E-state index in [1.54, 1.807) is 44.8 Å². The fraction of sp³-hybridized carbons (Fsp3) is 0.174. The van der Waals surface area contributed by atoms with Crippen LogP contribution in [0.25, 0.3) is 17.5 Å². The molecule has 1 N–H and O–H groups in total. The molecule has 2 aromatic heterocycles. The lowest BCUT2D eigenvalue weighted by molar-refractivity contribution is 0.311. The number of hydrogen-bond acceptors (Lipinski definition) is 6. The highest BCUT2D eigenvalue weighted by Crippen LogP contribution is 2.32. The molecule has 0 aliphatic rings. The maximum Gasteiger partial charge on any atom is 0.163 e. The van der Waals surface area contributed by atoms with E-state index in [2.05, 4.69) is 16.9 Å². The second-order valence-electron chi connectivity index (χ2n) is 6.28. The second kappa shape index (κ2) is 9.89. The molecule has 0 bridgehead atoms. The lowest BCUT2D eigenvalue weighted by Crippen LogP contribution is -2.06. The molecule has 7 heteroatoms. The molecule has 3 rings (SSSR count). The minimum absolute atomic E-state index is 0.543. The van der Waals surface area contributed by atoms with Crippen LogP contribution in [0.4, 0.5) is 11.5 Å². The van der Waals surface area contributed by atoms with Gasteiger partial charge in [-0.15, -0.1) is 0 Å². The van der Waals surface area contributed by atoms with Crippen molar-refractivity contribution in [1.29, 1.82) is 0 Å². The number of nitrogens with zero attached hydrogens (tertiary/aromatic N) is 3. The van der Waals surface area contributed by atoms with Gasteiger partial charge in [-0.1, -0.05) is 25.1 Å². The molecule has 0 saturated carbocycles. The number of allylic oxidation sites excluding steroid dienone is 1. The summed E-state index contributed by atoms with van der Waals surface area (Å²) in [6.45, 7) is 5.84. The van der Waals surface area contributed by atoms with E-state index >= 15 is 0 Å². The summed E-state index contributed by atoms with van der Waals surface area (Å²) in [5.74, 6) is 2.44. The zero-order valence-electron chi connectivity index (χ0n) is 17.1. The van der Waals surface area contributed by atoms with Crippen LogP contribution in [-0.4, -0.2) is 29.2 Å². The number of ether oxygens (including phenoxy) is 2. The molecule has 0 spiro atoms. The highest BCUT2D eigenvalue weighted by Gasteiger charge is 2.16. The predicted molar refractivity (Wildman–Crippen MR) is 121 cm³/mol. The summed E-state index contributed by atoms with van der Waals surface area (Å²) in [6, 6.07) is 9.16. The van der Waals surface area contributed by atoms with Gasteiger partial charge in [0.05, 0.1) is 30.6 Å². The number of pyridine rings is 1. The maximum atomic E-state index is 6.42. The highest BCUT2D eigenvalue weighted by atomic mass is 35.5. The highest BCUT2D eigenvalue weighted by molar-refractivity contribution is 6.33. The van der Waals surface area contributed by atoms with Gasteiger partial charge in [-0.05, 0) is 42.8 Å². The molecule has 0 saturated heterocycles. The van der Waals surface area contributed by atoms with Gasteiger partial charge in [-0.25, -0.2) is 9.97 Å². The molecule has 0 radical (unpaired) electrons. The van der Waals surface area contributed by atoms with Crippen molar-refractivity contribution in [3.05, 3.63) is 77.4 Å². The Morgan fingerprint density at radius 3 is 2.70 bits per heavy atom. The first-order valence-electron chi connectivity index (χ1n) is 9.39. The minimum atomic E-state index is 0.543. The zero-order valence-corrected chi connectivity index (χ0v) is 17.9. The molecule has 2 heterocycles. The van der Waals surface area contributed by atoms with Gasteiger partial charge >= 0.3 is 0 Å². The number of nitrogens with one attached hydrogen (secondary N) is 1. The third-order valence-electron chi connectivity index (χ3n) is 4.43. The quantitative estimate of drug-likeness (QED) is 0.372. The summed E-state index contributed by atoms with van der Waals surface area (Å²) in [7, 11) is 3.20. The molecule has 0 fully saturated rings. The molecule has 0 amide bonds. The van der Waals surface area contributed by atoms with Crippen LogP contribution >= 0.6 is 11.6 Å². The van der Waals surface area contributed by atoms with Gasteiger partial charge in [0.25, 0.3) is 0 Å². The third kappa shape index (κ3) is 4.78. The largest absolute Gasteiger partial charge is 0.497 e. The van der Waals surface area contributed by atoms with E-state index in [0.29, 0.717) is 40.3 Å². The van der Waals surface area contributed by atoms with Crippen LogP contribution in [0.2, 0.25) is 5.02 Å². The molecule has 0 aliphatic carbocycles. The predicted octanol–water partition coefficient (Wildman–Crippen LogP) is 5.68. The Balaban J connectivity index is 2.21. The van der Waals surface area contributed by atoms with E-state index in [1.807, 2.05) is 31.2 Å². The SMILES string of the molecule is C=C/C(=C\c1c(CC)nc(-c2cccnc2)nc1Nc1cc(OC)ccc1Cl)OC. The number of halogens is 1. The van der Waals surface area contributed by atoms with Crippen molar-refractivity contribution in [2.24, 2.45) is 0 Å². The van der Waals surface area contributed by atoms with Crippen molar-refractivity contribution in [2.75, 3.05) is 19.5 Å². The van der Waals surface area contributed by atoms with Gasteiger partial charge < -0.3 is 14.8 Å². The van der Waals surface area contributed by atoms with Gasteiger partial charge in [0, 0.05) is 29.6 Å². The van der Waals surface area contributed by atoms with Crippen molar-refractivity contribution >= 4 is 29.2 Å². The van der Waals surface area contributed by atoms with E-state index < -0.39 is 0 Å². The van der Waals surface area contributed by atoms with Crippen molar-refractivity contribution < 1.29 is 9.47 Å². The zero-order chi connectivity index (χ0) is 21.5. The molecule has 30 heavy (non-hydrogen) atoms. The number of anilines is 2. The van der Waals surface area contributed by atoms with Crippen LogP contribution < -0.4 is 10.1 Å². The molecular weight excluding hydrogens is 400 g/mol. The third-order valence-corrected chi connectivity index (χ3v) is 4.76. The smallest absolute Gasteiger partial charge is 0.163 e. The molecule has 154 valence electrons. The number of benzene rings is 1. The van der Waals surface area contributed by atoms with E-state index in [9.17, 15) is 0 Å². The maximum absolute atomic E-state index is 6.42. The standard InChI is InChI=1S/C23H23ClN4O2/c1-5-16(29-3)12-18-20(6-2)26-22(15-8-7-11-25-14-15)28-23(18)27-21-13-17(30-4)9-10-19(21)24/h5,7-14H,1,6H2,2-4H3,(H,26,27,28)/b16-12+. The Hall–Kier alpha value is -3.38. The Bertz CT molecular complexity index is 1070. The first kappa shape index (κ1) is 21.3. The topological polar surface area (TPSA) is 69.2 Å². The summed E-state index contributed by atoms with van der Waals surface area (Å²) in [4.78, 5) is 13.7. The number of aryl methyl sites for hydroxylation is 1. The van der Waals surface area contributed by atoms with Gasteiger partial charge in [0.15, 0.2) is 5.82 Å². The van der Waals surface area contributed by atoms with Gasteiger partial charge in [-0.2, -0.15) is 0 Å². The van der Waals surface area contributed by atoms with Crippen LogP contribution in [0.3, 0.4) is 0 Å². The number of rotatable bonds is 8. The molecular formula is C23H23ClN4O2. The summed E-state index contributed by atoms with van der Waals surface area (Å²) in [5.41, 5.74) is 3.13. The van der Waals surface area contributed by atoms with Crippen molar-refractivity contribution in [3.8, 4) is 17.1 Å². The Kier molecular flexibility index (Phi) is 7.03.